The van der Waals surface area contributed by atoms with Crippen LogP contribution in [0, 0.1) is 0 Å². The Hall–Kier alpha value is -0.0800. The highest BCUT2D eigenvalue weighted by Gasteiger charge is 2.13. The molecule has 42 valence electrons. The second kappa shape index (κ2) is 2.28. The lowest BCUT2D eigenvalue weighted by molar-refractivity contribution is -0.636. The zero-order valence-electron chi connectivity index (χ0n) is 4.78. The van der Waals surface area contributed by atoms with Crippen molar-refractivity contribution in [2.75, 3.05) is 20.1 Å². The summed E-state index contributed by atoms with van der Waals surface area (Å²) in [5.74, 6) is 0. The molecule has 1 aliphatic heterocycles. The van der Waals surface area contributed by atoms with Crippen LogP contribution in [0.1, 0.15) is 6.42 Å². The first-order valence-electron chi connectivity index (χ1n) is 2.92. The summed E-state index contributed by atoms with van der Waals surface area (Å²) in [4.78, 5) is 0. The smallest absolute Gasteiger partial charge is 0.0913 e. The molecule has 0 saturated carbocycles. The Kier molecular flexibility index (Phi) is 1.65. The van der Waals surface area contributed by atoms with Crippen LogP contribution in [-0.4, -0.2) is 26.2 Å². The molecule has 1 atom stereocenters. The van der Waals surface area contributed by atoms with Gasteiger partial charge in [-0.15, -0.1) is 0 Å². The van der Waals surface area contributed by atoms with E-state index >= 15 is 0 Å². The number of hydrogen-bond acceptors (Lipinski definition) is 1. The second-order valence-corrected chi connectivity index (χ2v) is 2.09. The quantitative estimate of drug-likeness (QED) is 0.415. The standard InChI is InChI=1S/C5H12N2/c1-6-5-2-3-7-4-5/h5-7H,2-4H2,1H3/p+1. The van der Waals surface area contributed by atoms with E-state index in [0.29, 0.717) is 0 Å². The van der Waals surface area contributed by atoms with Crippen molar-refractivity contribution in [2.45, 2.75) is 12.5 Å². The van der Waals surface area contributed by atoms with Gasteiger partial charge in [0, 0.05) is 6.42 Å². The maximum Gasteiger partial charge on any atom is 0.0913 e. The molecule has 0 bridgehead atoms. The lowest BCUT2D eigenvalue weighted by Gasteiger charge is -1.99. The molecule has 2 heteroatoms. The summed E-state index contributed by atoms with van der Waals surface area (Å²) in [6.45, 7) is 2.59. The van der Waals surface area contributed by atoms with E-state index in [9.17, 15) is 0 Å². The summed E-state index contributed by atoms with van der Waals surface area (Å²) < 4.78 is 0. The Morgan fingerprint density at radius 1 is 1.71 bits per heavy atom. The van der Waals surface area contributed by atoms with Crippen molar-refractivity contribution >= 4 is 0 Å². The van der Waals surface area contributed by atoms with E-state index in [-0.39, 0.29) is 0 Å². The molecule has 1 aliphatic rings. The third-order valence-electron chi connectivity index (χ3n) is 1.58. The molecule has 0 aromatic heterocycles. The highest BCUT2D eigenvalue weighted by molar-refractivity contribution is 4.63. The summed E-state index contributed by atoms with van der Waals surface area (Å²) in [7, 11) is 2.03. The van der Waals surface area contributed by atoms with Gasteiger partial charge in [0.15, 0.2) is 0 Å². The van der Waals surface area contributed by atoms with E-state index in [1.807, 2.05) is 7.05 Å². The van der Waals surface area contributed by atoms with E-state index in [2.05, 4.69) is 10.6 Å². The molecule has 1 fully saturated rings. The third kappa shape index (κ3) is 1.14. The van der Waals surface area contributed by atoms with Crippen LogP contribution in [0.15, 0.2) is 0 Å². The lowest BCUT2D eigenvalue weighted by Crippen LogP contribution is -2.82. The topological polar surface area (TPSA) is 28.6 Å². The Morgan fingerprint density at radius 3 is 2.86 bits per heavy atom. The Balaban J connectivity index is 2.14. The molecule has 0 aliphatic carbocycles. The van der Waals surface area contributed by atoms with Crippen LogP contribution in [0.3, 0.4) is 0 Å². The molecule has 0 spiro atoms. The summed E-state index contributed by atoms with van der Waals surface area (Å²) >= 11 is 0. The van der Waals surface area contributed by atoms with Crippen LogP contribution in [0.2, 0.25) is 0 Å². The number of rotatable bonds is 1. The second-order valence-electron chi connectivity index (χ2n) is 2.09. The van der Waals surface area contributed by atoms with Crippen molar-refractivity contribution < 1.29 is 5.32 Å². The van der Waals surface area contributed by atoms with Crippen LogP contribution in [0.5, 0.6) is 0 Å². The lowest BCUT2D eigenvalue weighted by atomic mass is 10.3. The van der Waals surface area contributed by atoms with Crippen LogP contribution in [-0.2, 0) is 0 Å². The molecule has 3 N–H and O–H groups in total. The van der Waals surface area contributed by atoms with Gasteiger partial charge in [0.1, 0.15) is 0 Å². The monoisotopic (exact) mass is 101 g/mol. The third-order valence-corrected chi connectivity index (χ3v) is 1.58. The van der Waals surface area contributed by atoms with Gasteiger partial charge in [-0.05, 0) is 7.05 Å². The molecule has 1 rings (SSSR count). The number of nitrogens with one attached hydrogen (secondary N) is 1. The highest BCUT2D eigenvalue weighted by atomic mass is 15.0. The van der Waals surface area contributed by atoms with Gasteiger partial charge in [0.05, 0.1) is 19.1 Å². The average molecular weight is 101 g/mol. The van der Waals surface area contributed by atoms with Gasteiger partial charge < -0.3 is 10.6 Å². The van der Waals surface area contributed by atoms with Gasteiger partial charge in [0.2, 0.25) is 0 Å². The molecule has 2 nitrogen and oxygen atoms in total. The fourth-order valence-electron chi connectivity index (χ4n) is 1.02. The first-order valence-corrected chi connectivity index (χ1v) is 2.92. The van der Waals surface area contributed by atoms with Crippen molar-refractivity contribution in [3.8, 4) is 0 Å². The summed E-state index contributed by atoms with van der Waals surface area (Å²) in [5.41, 5.74) is 0. The molecule has 1 heterocycles. The molecular weight excluding hydrogens is 88.1 g/mol. The van der Waals surface area contributed by atoms with Crippen molar-refractivity contribution in [1.82, 2.24) is 5.32 Å². The number of quaternary nitrogens is 1. The van der Waals surface area contributed by atoms with Crippen molar-refractivity contribution in [3.05, 3.63) is 0 Å². The predicted octanol–water partition coefficient (Wildman–Crippen LogP) is -1.46. The zero-order chi connectivity index (χ0) is 5.11. The maximum absolute atomic E-state index is 3.23. The van der Waals surface area contributed by atoms with E-state index in [1.165, 1.54) is 19.5 Å². The first-order chi connectivity index (χ1) is 3.43. The summed E-state index contributed by atoms with van der Waals surface area (Å²) in [6, 6.07) is 0.792. The van der Waals surface area contributed by atoms with E-state index in [4.69, 9.17) is 0 Å². The van der Waals surface area contributed by atoms with E-state index < -0.39 is 0 Å². The van der Waals surface area contributed by atoms with Crippen molar-refractivity contribution in [1.29, 1.82) is 0 Å². The Bertz CT molecular complexity index is 48.0. The van der Waals surface area contributed by atoms with Gasteiger partial charge in [-0.3, -0.25) is 0 Å². The molecule has 0 aromatic rings. The van der Waals surface area contributed by atoms with Crippen LogP contribution >= 0.6 is 0 Å². The van der Waals surface area contributed by atoms with Gasteiger partial charge in [-0.1, -0.05) is 0 Å². The Morgan fingerprint density at radius 2 is 2.57 bits per heavy atom. The fourth-order valence-corrected chi connectivity index (χ4v) is 1.02. The number of nitrogens with two attached hydrogens (primary N) is 1. The molecule has 0 amide bonds. The van der Waals surface area contributed by atoms with Gasteiger partial charge in [-0.2, -0.15) is 0 Å². The normalized spacial score (nSPS) is 31.3. The first kappa shape index (κ1) is 5.06. The SMILES string of the molecule is CNC1CC[NH2+]C1. The summed E-state index contributed by atoms with van der Waals surface area (Å²) in [5, 5.41) is 5.58. The molecule has 1 unspecified atom stereocenters. The fraction of sp³-hybridized carbons (Fsp3) is 1.00. The minimum absolute atomic E-state index is 0.792. The average Bonchev–Trinajstić information content (AvgIpc) is 2.14. The number of likely N-dealkylation sites (N-methyl/N-ethyl adjacent to an activating group) is 1. The van der Waals surface area contributed by atoms with Crippen LogP contribution in [0.4, 0.5) is 0 Å². The molecule has 0 radical (unpaired) electrons. The minimum atomic E-state index is 0.792. The largest absolute Gasteiger partial charge is 0.345 e. The van der Waals surface area contributed by atoms with Crippen LogP contribution in [0.25, 0.3) is 0 Å². The number of hydrogen-bond donors (Lipinski definition) is 2. The summed E-state index contributed by atoms with van der Waals surface area (Å²) in [6.07, 6.45) is 1.34. The maximum atomic E-state index is 3.23. The van der Waals surface area contributed by atoms with Crippen LogP contribution < -0.4 is 10.6 Å². The molecule has 7 heavy (non-hydrogen) atoms. The predicted molar refractivity (Wildman–Crippen MR) is 29.1 cm³/mol. The molecule has 0 aromatic carbocycles. The van der Waals surface area contributed by atoms with Gasteiger partial charge in [-0.25, -0.2) is 0 Å². The van der Waals surface area contributed by atoms with Gasteiger partial charge in [0.25, 0.3) is 0 Å². The van der Waals surface area contributed by atoms with E-state index in [0.717, 1.165) is 6.04 Å². The highest BCUT2D eigenvalue weighted by Crippen LogP contribution is 1.86. The van der Waals surface area contributed by atoms with Gasteiger partial charge >= 0.3 is 0 Å². The Labute approximate surface area is 44.3 Å². The zero-order valence-corrected chi connectivity index (χ0v) is 4.78. The molecule has 1 saturated heterocycles. The van der Waals surface area contributed by atoms with E-state index in [1.54, 1.807) is 0 Å². The molecular formula is C5H13N2+. The minimum Gasteiger partial charge on any atom is -0.345 e. The van der Waals surface area contributed by atoms with Crippen molar-refractivity contribution in [2.24, 2.45) is 0 Å². The van der Waals surface area contributed by atoms with Crippen molar-refractivity contribution in [3.63, 3.8) is 0 Å².